The van der Waals surface area contributed by atoms with E-state index in [1.54, 1.807) is 0 Å². The van der Waals surface area contributed by atoms with Gasteiger partial charge in [-0.3, -0.25) is 9.80 Å². The van der Waals surface area contributed by atoms with Crippen molar-refractivity contribution in [2.75, 3.05) is 0 Å². The van der Waals surface area contributed by atoms with Crippen LogP contribution in [0.5, 0.6) is 0 Å². The molecule has 6 heteroatoms. The smallest absolute Gasteiger partial charge is 0.348 e. The summed E-state index contributed by atoms with van der Waals surface area (Å²) in [6, 6.07) is 13.2. The van der Waals surface area contributed by atoms with Crippen LogP contribution in [0.4, 0.5) is 0 Å². The van der Waals surface area contributed by atoms with Crippen LogP contribution >= 0.6 is 0 Å². The van der Waals surface area contributed by atoms with Crippen LogP contribution in [-0.4, -0.2) is 22.9 Å². The second-order valence-electron chi connectivity index (χ2n) is 6.03. The number of hydrogen-bond acceptors (Lipinski definition) is 5. The second-order valence-corrected chi connectivity index (χ2v) is 6.03. The third kappa shape index (κ3) is 4.78. The summed E-state index contributed by atoms with van der Waals surface area (Å²) in [5.74, 6) is 9.86. The fourth-order valence-corrected chi connectivity index (χ4v) is 2.90. The Balaban J connectivity index is 2.05. The fourth-order valence-electron chi connectivity index (χ4n) is 2.90. The highest BCUT2D eigenvalue weighted by molar-refractivity contribution is 5.87. The van der Waals surface area contributed by atoms with E-state index >= 15 is 0 Å². The van der Waals surface area contributed by atoms with Crippen molar-refractivity contribution in [3.05, 3.63) is 48.0 Å². The molecular weight excluding hydrogens is 318 g/mol. The summed E-state index contributed by atoms with van der Waals surface area (Å²) in [6.45, 7) is 1.99. The van der Waals surface area contributed by atoms with Crippen molar-refractivity contribution in [2.45, 2.75) is 45.1 Å². The third-order valence-corrected chi connectivity index (χ3v) is 4.33. The van der Waals surface area contributed by atoms with Gasteiger partial charge in [-0.25, -0.2) is 10.6 Å². The quantitative estimate of drug-likeness (QED) is 0.436. The van der Waals surface area contributed by atoms with Gasteiger partial charge in [0.15, 0.2) is 0 Å². The maximum absolute atomic E-state index is 12.4. The summed E-state index contributed by atoms with van der Waals surface area (Å²) in [6.07, 6.45) is 2.83. The van der Waals surface area contributed by atoms with E-state index in [0.717, 1.165) is 34.2 Å². The fraction of sp³-hybridized carbons (Fsp3) is 0.368. The molecule has 1 atom stereocenters. The Labute approximate surface area is 147 Å². The van der Waals surface area contributed by atoms with Crippen LogP contribution in [0, 0.1) is 0 Å². The number of nitrogens with two attached hydrogens (primary N) is 2. The highest BCUT2D eigenvalue weighted by atomic mass is 16.7. The van der Waals surface area contributed by atoms with Gasteiger partial charge < -0.3 is 4.84 Å². The third-order valence-electron chi connectivity index (χ3n) is 4.33. The van der Waals surface area contributed by atoms with E-state index in [4.69, 9.17) is 11.7 Å². The standard InChI is InChI=1S/C19H25N3O3/c1-2-3-11-17(19(24)25-21)22(20)18(23)13-12-15-9-6-8-14-7-4-5-10-16(14)15/h4-10,17H,2-3,11-13,20-21H2,1H3/t17-/m0/s1. The first-order chi connectivity index (χ1) is 12.1. The SMILES string of the molecule is CCCC[C@@H](C(=O)ON)N(N)C(=O)CCc1cccc2ccccc12. The molecule has 0 aliphatic carbocycles. The summed E-state index contributed by atoms with van der Waals surface area (Å²) >= 11 is 0. The molecule has 0 spiro atoms. The molecule has 0 unspecified atom stereocenters. The summed E-state index contributed by atoms with van der Waals surface area (Å²) in [4.78, 5) is 28.5. The number of amides is 1. The minimum atomic E-state index is -0.843. The molecule has 0 saturated carbocycles. The molecule has 0 saturated heterocycles. The lowest BCUT2D eigenvalue weighted by Gasteiger charge is -2.25. The number of nitrogens with zero attached hydrogens (tertiary/aromatic N) is 1. The summed E-state index contributed by atoms with van der Waals surface area (Å²) in [7, 11) is 0. The molecule has 1 amide bonds. The van der Waals surface area contributed by atoms with Gasteiger partial charge in [0, 0.05) is 6.42 Å². The van der Waals surface area contributed by atoms with Crippen LogP contribution in [0.15, 0.2) is 42.5 Å². The number of carbonyl (C=O) groups is 2. The van der Waals surface area contributed by atoms with Gasteiger partial charge in [-0.1, -0.05) is 62.2 Å². The van der Waals surface area contributed by atoms with E-state index in [1.165, 1.54) is 0 Å². The van der Waals surface area contributed by atoms with Gasteiger partial charge in [0.1, 0.15) is 6.04 Å². The highest BCUT2D eigenvalue weighted by Gasteiger charge is 2.28. The van der Waals surface area contributed by atoms with Gasteiger partial charge in [-0.2, -0.15) is 5.90 Å². The van der Waals surface area contributed by atoms with Gasteiger partial charge in [0.2, 0.25) is 5.91 Å². The van der Waals surface area contributed by atoms with Crippen LogP contribution in [0.2, 0.25) is 0 Å². The van der Waals surface area contributed by atoms with Crippen LogP contribution < -0.4 is 11.7 Å². The first kappa shape index (κ1) is 18.9. The molecule has 0 fully saturated rings. The molecule has 0 radical (unpaired) electrons. The first-order valence-electron chi connectivity index (χ1n) is 8.52. The molecule has 0 aromatic heterocycles. The first-order valence-corrected chi connectivity index (χ1v) is 8.52. The zero-order valence-corrected chi connectivity index (χ0v) is 14.5. The maximum atomic E-state index is 12.4. The van der Waals surface area contributed by atoms with Crippen LogP contribution in [-0.2, 0) is 20.8 Å². The van der Waals surface area contributed by atoms with Crippen molar-refractivity contribution in [2.24, 2.45) is 11.7 Å². The van der Waals surface area contributed by atoms with E-state index < -0.39 is 12.0 Å². The zero-order chi connectivity index (χ0) is 18.2. The molecule has 0 heterocycles. The lowest BCUT2D eigenvalue weighted by Crippen LogP contribution is -2.50. The van der Waals surface area contributed by atoms with Gasteiger partial charge in [0.05, 0.1) is 0 Å². The Kier molecular flexibility index (Phi) is 6.91. The molecule has 4 N–H and O–H groups in total. The number of carbonyl (C=O) groups excluding carboxylic acids is 2. The monoisotopic (exact) mass is 343 g/mol. The van der Waals surface area contributed by atoms with E-state index in [1.807, 2.05) is 49.4 Å². The van der Waals surface area contributed by atoms with Crippen molar-refractivity contribution in [3.63, 3.8) is 0 Å². The number of aryl methyl sites for hydroxylation is 1. The van der Waals surface area contributed by atoms with E-state index in [0.29, 0.717) is 12.8 Å². The summed E-state index contributed by atoms with van der Waals surface area (Å²) in [5, 5.41) is 3.21. The minimum Gasteiger partial charge on any atom is -0.372 e. The number of hydrogen-bond donors (Lipinski definition) is 2. The molecule has 0 bridgehead atoms. The Morgan fingerprint density at radius 1 is 1.16 bits per heavy atom. The lowest BCUT2D eigenvalue weighted by atomic mass is 10.0. The molecular formula is C19H25N3O3. The Morgan fingerprint density at radius 2 is 1.88 bits per heavy atom. The topological polar surface area (TPSA) is 98.7 Å². The molecule has 0 aliphatic rings. The average molecular weight is 343 g/mol. The summed E-state index contributed by atoms with van der Waals surface area (Å²) in [5.41, 5.74) is 1.08. The Bertz CT molecular complexity index is 727. The van der Waals surface area contributed by atoms with Gasteiger partial charge >= 0.3 is 5.97 Å². The predicted octanol–water partition coefficient (Wildman–Crippen LogP) is 2.45. The second kappa shape index (κ2) is 9.15. The number of fused-ring (bicyclic) bond motifs is 1. The lowest BCUT2D eigenvalue weighted by molar-refractivity contribution is -0.156. The Hall–Kier alpha value is -2.44. The molecule has 6 nitrogen and oxygen atoms in total. The molecule has 2 aromatic rings. The number of hydrazine groups is 1. The van der Waals surface area contributed by atoms with Crippen molar-refractivity contribution in [3.8, 4) is 0 Å². The van der Waals surface area contributed by atoms with Crippen molar-refractivity contribution in [1.29, 1.82) is 0 Å². The summed E-state index contributed by atoms with van der Waals surface area (Å²) < 4.78 is 0. The predicted molar refractivity (Wildman–Crippen MR) is 96.9 cm³/mol. The molecule has 0 aliphatic heterocycles. The van der Waals surface area contributed by atoms with Crippen molar-refractivity contribution in [1.82, 2.24) is 5.01 Å². The molecule has 25 heavy (non-hydrogen) atoms. The van der Waals surface area contributed by atoms with E-state index in [-0.39, 0.29) is 12.3 Å². The zero-order valence-electron chi connectivity index (χ0n) is 14.5. The number of benzene rings is 2. The molecule has 134 valence electrons. The normalized spacial score (nSPS) is 12.0. The average Bonchev–Trinajstić information content (AvgIpc) is 2.65. The Morgan fingerprint density at radius 3 is 2.60 bits per heavy atom. The molecule has 2 rings (SSSR count). The van der Waals surface area contributed by atoms with Crippen LogP contribution in [0.1, 0.15) is 38.2 Å². The van der Waals surface area contributed by atoms with E-state index in [2.05, 4.69) is 4.84 Å². The van der Waals surface area contributed by atoms with Gasteiger partial charge in [0.25, 0.3) is 0 Å². The van der Waals surface area contributed by atoms with Crippen molar-refractivity contribution < 1.29 is 14.4 Å². The minimum absolute atomic E-state index is 0.213. The maximum Gasteiger partial charge on any atom is 0.348 e. The van der Waals surface area contributed by atoms with Gasteiger partial charge in [-0.15, -0.1) is 0 Å². The van der Waals surface area contributed by atoms with E-state index in [9.17, 15) is 9.59 Å². The highest BCUT2D eigenvalue weighted by Crippen LogP contribution is 2.20. The van der Waals surface area contributed by atoms with Crippen LogP contribution in [0.3, 0.4) is 0 Å². The largest absolute Gasteiger partial charge is 0.372 e. The van der Waals surface area contributed by atoms with Crippen molar-refractivity contribution >= 4 is 22.6 Å². The van der Waals surface area contributed by atoms with Gasteiger partial charge in [-0.05, 0) is 29.2 Å². The van der Waals surface area contributed by atoms with Crippen LogP contribution in [0.25, 0.3) is 10.8 Å². The number of rotatable bonds is 8. The molecule has 2 aromatic carbocycles. The number of unbranched alkanes of at least 4 members (excludes halogenated alkanes) is 1.